The Bertz CT molecular complexity index is 648. The largest absolute Gasteiger partial charge is 0.356 e. The van der Waals surface area contributed by atoms with E-state index in [1.165, 1.54) is 22.5 Å². The zero-order chi connectivity index (χ0) is 16.9. The van der Waals surface area contributed by atoms with Gasteiger partial charge in [-0.25, -0.2) is 12.8 Å². The summed E-state index contributed by atoms with van der Waals surface area (Å²) in [4.78, 5) is 11.3. The fourth-order valence-corrected chi connectivity index (χ4v) is 4.51. The zero-order valence-corrected chi connectivity index (χ0v) is 14.1. The third kappa shape index (κ3) is 4.51. The van der Waals surface area contributed by atoms with Crippen LogP contribution in [0.1, 0.15) is 32.6 Å². The van der Waals surface area contributed by atoms with Gasteiger partial charge in [-0.15, -0.1) is 0 Å². The summed E-state index contributed by atoms with van der Waals surface area (Å²) in [7, 11) is -3.82. The predicted molar refractivity (Wildman–Crippen MR) is 85.8 cm³/mol. The lowest BCUT2D eigenvalue weighted by atomic mass is 9.94. The molecule has 1 aliphatic heterocycles. The summed E-state index contributed by atoms with van der Waals surface area (Å²) < 4.78 is 40.4. The topological polar surface area (TPSA) is 66.5 Å². The highest BCUT2D eigenvalue weighted by molar-refractivity contribution is 7.89. The second-order valence-electron chi connectivity index (χ2n) is 5.79. The molecule has 1 saturated heterocycles. The highest BCUT2D eigenvalue weighted by Gasteiger charge is 2.31. The summed E-state index contributed by atoms with van der Waals surface area (Å²) in [6.07, 6.45) is 2.66. The Morgan fingerprint density at radius 3 is 2.83 bits per heavy atom. The Morgan fingerprint density at radius 1 is 1.39 bits per heavy atom. The van der Waals surface area contributed by atoms with E-state index < -0.39 is 15.8 Å². The molecule has 1 atom stereocenters. The number of nitrogens with zero attached hydrogens (tertiary/aromatic N) is 1. The molecule has 1 fully saturated rings. The molecule has 0 radical (unpaired) electrons. The van der Waals surface area contributed by atoms with Gasteiger partial charge in [0.15, 0.2) is 0 Å². The van der Waals surface area contributed by atoms with Crippen molar-refractivity contribution >= 4 is 15.9 Å². The average Bonchev–Trinajstić information content (AvgIpc) is 2.54. The third-order valence-electron chi connectivity index (χ3n) is 4.09. The molecular weight excluding hydrogens is 319 g/mol. The molecule has 0 bridgehead atoms. The summed E-state index contributed by atoms with van der Waals surface area (Å²) in [5.74, 6) is -0.605. The van der Waals surface area contributed by atoms with Crippen molar-refractivity contribution in [2.45, 2.75) is 37.5 Å². The van der Waals surface area contributed by atoms with Crippen molar-refractivity contribution in [2.24, 2.45) is 5.92 Å². The lowest BCUT2D eigenvalue weighted by molar-refractivity contribution is -0.121. The van der Waals surface area contributed by atoms with Crippen molar-refractivity contribution in [3.05, 3.63) is 30.1 Å². The second-order valence-corrected chi connectivity index (χ2v) is 7.70. The van der Waals surface area contributed by atoms with Gasteiger partial charge in [0.25, 0.3) is 0 Å². The molecule has 0 aromatic heterocycles. The van der Waals surface area contributed by atoms with E-state index in [0.29, 0.717) is 32.5 Å². The lowest BCUT2D eigenvalue weighted by Gasteiger charge is -2.32. The summed E-state index contributed by atoms with van der Waals surface area (Å²) in [5, 5.41) is 2.74. The molecule has 7 heteroatoms. The number of carbonyl (C=O) groups is 1. The van der Waals surface area contributed by atoms with Crippen LogP contribution in [0.15, 0.2) is 29.2 Å². The van der Waals surface area contributed by atoms with Gasteiger partial charge < -0.3 is 5.32 Å². The number of carbonyl (C=O) groups excluding carboxylic acids is 1. The van der Waals surface area contributed by atoms with Crippen LogP contribution < -0.4 is 5.32 Å². The Labute approximate surface area is 136 Å². The van der Waals surface area contributed by atoms with Crippen LogP contribution in [0.3, 0.4) is 0 Å². The fraction of sp³-hybridized carbons (Fsp3) is 0.562. The Morgan fingerprint density at radius 2 is 2.13 bits per heavy atom. The van der Waals surface area contributed by atoms with E-state index in [-0.39, 0.29) is 16.7 Å². The van der Waals surface area contributed by atoms with Gasteiger partial charge in [0, 0.05) is 26.1 Å². The van der Waals surface area contributed by atoms with Gasteiger partial charge in [0.2, 0.25) is 15.9 Å². The van der Waals surface area contributed by atoms with Gasteiger partial charge in [0.1, 0.15) is 10.7 Å². The van der Waals surface area contributed by atoms with Crippen LogP contribution in [0.5, 0.6) is 0 Å². The van der Waals surface area contributed by atoms with Gasteiger partial charge in [-0.1, -0.05) is 12.1 Å². The summed E-state index contributed by atoms with van der Waals surface area (Å²) in [6, 6.07) is 5.44. The van der Waals surface area contributed by atoms with Crippen LogP contribution in [-0.2, 0) is 14.8 Å². The number of piperidine rings is 1. The number of benzene rings is 1. The Balaban J connectivity index is 2.03. The van der Waals surface area contributed by atoms with E-state index in [1.54, 1.807) is 0 Å². The second kappa shape index (κ2) is 7.88. The quantitative estimate of drug-likeness (QED) is 0.861. The highest BCUT2D eigenvalue weighted by atomic mass is 32.2. The standard InChI is InChI=1S/C16H23FN2O3S/c1-2-18-16(20)10-9-13-6-5-11-19(12-13)23(21,22)15-8-4-3-7-14(15)17/h3-4,7-8,13H,2,5-6,9-12H2,1H3,(H,18,20). The minimum absolute atomic E-state index is 0.0124. The van der Waals surface area contributed by atoms with Crippen molar-refractivity contribution in [3.63, 3.8) is 0 Å². The molecule has 2 rings (SSSR count). The van der Waals surface area contributed by atoms with Crippen LogP contribution in [0.4, 0.5) is 4.39 Å². The number of amides is 1. The summed E-state index contributed by atoms with van der Waals surface area (Å²) in [5.41, 5.74) is 0. The van der Waals surface area contributed by atoms with E-state index in [9.17, 15) is 17.6 Å². The maximum absolute atomic E-state index is 13.8. The fourth-order valence-electron chi connectivity index (χ4n) is 2.89. The van der Waals surface area contributed by atoms with E-state index in [1.807, 2.05) is 6.92 Å². The average molecular weight is 342 g/mol. The van der Waals surface area contributed by atoms with E-state index in [0.717, 1.165) is 18.9 Å². The molecule has 0 aliphatic carbocycles. The van der Waals surface area contributed by atoms with Gasteiger partial charge in [-0.05, 0) is 44.2 Å². The molecule has 1 N–H and O–H groups in total. The van der Waals surface area contributed by atoms with Crippen LogP contribution in [0.25, 0.3) is 0 Å². The SMILES string of the molecule is CCNC(=O)CCC1CCCN(S(=O)(=O)c2ccccc2F)C1. The van der Waals surface area contributed by atoms with Crippen molar-refractivity contribution in [1.82, 2.24) is 9.62 Å². The number of hydrogen-bond acceptors (Lipinski definition) is 3. The predicted octanol–water partition coefficient (Wildman–Crippen LogP) is 2.14. The van der Waals surface area contributed by atoms with Gasteiger partial charge in [-0.3, -0.25) is 4.79 Å². The minimum atomic E-state index is -3.82. The molecule has 1 aromatic rings. The molecule has 5 nitrogen and oxygen atoms in total. The first-order chi connectivity index (χ1) is 10.9. The van der Waals surface area contributed by atoms with Gasteiger partial charge in [0.05, 0.1) is 0 Å². The maximum Gasteiger partial charge on any atom is 0.245 e. The van der Waals surface area contributed by atoms with Crippen LogP contribution >= 0.6 is 0 Å². The molecule has 23 heavy (non-hydrogen) atoms. The van der Waals surface area contributed by atoms with Crippen molar-refractivity contribution in [3.8, 4) is 0 Å². The first kappa shape index (κ1) is 17.9. The van der Waals surface area contributed by atoms with Crippen LogP contribution in [0.2, 0.25) is 0 Å². The first-order valence-electron chi connectivity index (χ1n) is 7.96. The normalized spacial score (nSPS) is 19.5. The molecular formula is C16H23FN2O3S. The van der Waals surface area contributed by atoms with Gasteiger partial charge >= 0.3 is 0 Å². The lowest BCUT2D eigenvalue weighted by Crippen LogP contribution is -2.40. The number of sulfonamides is 1. The van der Waals surface area contributed by atoms with Crippen LogP contribution in [-0.4, -0.2) is 38.3 Å². The Hall–Kier alpha value is -1.47. The number of nitrogens with one attached hydrogen (secondary N) is 1. The molecule has 0 spiro atoms. The molecule has 1 amide bonds. The molecule has 1 unspecified atom stereocenters. The smallest absolute Gasteiger partial charge is 0.245 e. The molecule has 1 aromatic carbocycles. The number of hydrogen-bond donors (Lipinski definition) is 1. The van der Waals surface area contributed by atoms with Crippen LogP contribution in [0, 0.1) is 11.7 Å². The van der Waals surface area contributed by atoms with E-state index >= 15 is 0 Å². The molecule has 128 valence electrons. The summed E-state index contributed by atoms with van der Waals surface area (Å²) >= 11 is 0. The highest BCUT2D eigenvalue weighted by Crippen LogP contribution is 2.27. The molecule has 1 heterocycles. The van der Waals surface area contributed by atoms with E-state index in [2.05, 4.69) is 5.32 Å². The minimum Gasteiger partial charge on any atom is -0.356 e. The maximum atomic E-state index is 13.8. The van der Waals surface area contributed by atoms with Crippen molar-refractivity contribution in [2.75, 3.05) is 19.6 Å². The monoisotopic (exact) mass is 342 g/mol. The third-order valence-corrected chi connectivity index (χ3v) is 5.99. The first-order valence-corrected chi connectivity index (χ1v) is 9.40. The zero-order valence-electron chi connectivity index (χ0n) is 13.3. The molecule has 0 saturated carbocycles. The van der Waals surface area contributed by atoms with Gasteiger partial charge in [-0.2, -0.15) is 4.31 Å². The van der Waals surface area contributed by atoms with E-state index in [4.69, 9.17) is 0 Å². The van der Waals surface area contributed by atoms with Crippen molar-refractivity contribution in [1.29, 1.82) is 0 Å². The summed E-state index contributed by atoms with van der Waals surface area (Å²) in [6.45, 7) is 3.20. The number of halogens is 1. The number of rotatable bonds is 6. The van der Waals surface area contributed by atoms with Crippen molar-refractivity contribution < 1.29 is 17.6 Å². The Kier molecular flexibility index (Phi) is 6.12. The molecule has 1 aliphatic rings.